The van der Waals surface area contributed by atoms with Crippen molar-refractivity contribution in [3.8, 4) is 0 Å². The van der Waals surface area contributed by atoms with Crippen molar-refractivity contribution in [2.24, 2.45) is 0 Å². The molecular weight excluding hydrogens is 264 g/mol. The van der Waals surface area contributed by atoms with Crippen LogP contribution in [0.2, 0.25) is 0 Å². The Balaban J connectivity index is 1.60. The Kier molecular flexibility index (Phi) is 6.00. The van der Waals surface area contributed by atoms with Crippen LogP contribution in [0.1, 0.15) is 17.5 Å². The molecule has 0 saturated carbocycles. The number of benzene rings is 1. The number of carbonyl (C=O) groups excluding carboxylic acids is 1. The molecule has 4 nitrogen and oxygen atoms in total. The molecule has 108 valence electrons. The van der Waals surface area contributed by atoms with E-state index >= 15 is 0 Å². The first-order valence-corrected chi connectivity index (χ1v) is 6.86. The Morgan fingerprint density at radius 2 is 1.90 bits per heavy atom. The third-order valence-corrected chi connectivity index (χ3v) is 2.81. The second-order valence-corrected chi connectivity index (χ2v) is 4.46. The highest BCUT2D eigenvalue weighted by Crippen LogP contribution is 2.01. The lowest BCUT2D eigenvalue weighted by Gasteiger charge is -2.05. The van der Waals surface area contributed by atoms with Gasteiger partial charge in [0.15, 0.2) is 0 Å². The summed E-state index contributed by atoms with van der Waals surface area (Å²) in [6, 6.07) is 13.5. The maximum absolute atomic E-state index is 11.5. The van der Waals surface area contributed by atoms with Gasteiger partial charge in [0.05, 0.1) is 0 Å². The topological polar surface area (TPSA) is 51.2 Å². The minimum atomic E-state index is -0.392. The molecule has 0 bridgehead atoms. The van der Waals surface area contributed by atoms with E-state index in [1.165, 1.54) is 0 Å². The molecule has 21 heavy (non-hydrogen) atoms. The lowest BCUT2D eigenvalue weighted by atomic mass is 10.2. The molecule has 1 N–H and O–H groups in total. The van der Waals surface area contributed by atoms with Crippen LogP contribution in [0.3, 0.4) is 0 Å². The number of amides is 1. The quantitative estimate of drug-likeness (QED) is 0.826. The zero-order chi connectivity index (χ0) is 14.8. The second kappa shape index (κ2) is 8.53. The van der Waals surface area contributed by atoms with Crippen molar-refractivity contribution in [1.82, 2.24) is 10.3 Å². The van der Waals surface area contributed by atoms with E-state index in [0.717, 1.165) is 17.5 Å². The van der Waals surface area contributed by atoms with Crippen LogP contribution in [0.5, 0.6) is 0 Å². The number of hydrogen-bond donors (Lipinski definition) is 1. The summed E-state index contributed by atoms with van der Waals surface area (Å²) < 4.78 is 5.11. The summed E-state index contributed by atoms with van der Waals surface area (Å²) >= 11 is 0. The second-order valence-electron chi connectivity index (χ2n) is 4.46. The summed E-state index contributed by atoms with van der Waals surface area (Å²) in [5.74, 6) is 0. The average Bonchev–Trinajstić information content (AvgIpc) is 2.54. The van der Waals surface area contributed by atoms with E-state index in [-0.39, 0.29) is 0 Å². The summed E-state index contributed by atoms with van der Waals surface area (Å²) in [5, 5.41) is 2.71. The van der Waals surface area contributed by atoms with E-state index in [0.29, 0.717) is 13.2 Å². The largest absolute Gasteiger partial charge is 0.445 e. The van der Waals surface area contributed by atoms with Gasteiger partial charge in [-0.3, -0.25) is 4.98 Å². The van der Waals surface area contributed by atoms with Crippen molar-refractivity contribution in [1.29, 1.82) is 0 Å². The van der Waals surface area contributed by atoms with Gasteiger partial charge < -0.3 is 10.1 Å². The first kappa shape index (κ1) is 14.8. The molecule has 0 aliphatic carbocycles. The zero-order valence-corrected chi connectivity index (χ0v) is 11.7. The lowest BCUT2D eigenvalue weighted by molar-refractivity contribution is 0.140. The van der Waals surface area contributed by atoms with Crippen LogP contribution in [0.4, 0.5) is 4.79 Å². The molecule has 1 amide bonds. The van der Waals surface area contributed by atoms with Crippen molar-refractivity contribution in [2.45, 2.75) is 13.0 Å². The maximum Gasteiger partial charge on any atom is 0.407 e. The molecule has 0 aliphatic heterocycles. The van der Waals surface area contributed by atoms with Gasteiger partial charge in [-0.1, -0.05) is 42.5 Å². The minimum absolute atomic E-state index is 0.291. The van der Waals surface area contributed by atoms with E-state index in [1.807, 2.05) is 54.6 Å². The highest BCUT2D eigenvalue weighted by Gasteiger charge is 2.00. The van der Waals surface area contributed by atoms with Gasteiger partial charge in [-0.25, -0.2) is 4.79 Å². The van der Waals surface area contributed by atoms with Crippen LogP contribution < -0.4 is 5.32 Å². The van der Waals surface area contributed by atoms with E-state index < -0.39 is 6.09 Å². The molecule has 0 spiro atoms. The SMILES string of the molecule is O=C(NCCC=Cc1ccncc1)OCc1ccccc1. The van der Waals surface area contributed by atoms with Crippen molar-refractivity contribution in [3.05, 3.63) is 72.1 Å². The highest BCUT2D eigenvalue weighted by molar-refractivity contribution is 5.67. The number of rotatable bonds is 6. The van der Waals surface area contributed by atoms with Crippen molar-refractivity contribution >= 4 is 12.2 Å². The zero-order valence-electron chi connectivity index (χ0n) is 11.7. The molecule has 0 fully saturated rings. The average molecular weight is 282 g/mol. The standard InChI is InChI=1S/C17H18N2O2/c20-17(21-14-16-7-2-1-3-8-16)19-11-5-4-6-15-9-12-18-13-10-15/h1-4,6-10,12-13H,5,11,14H2,(H,19,20). The third-order valence-electron chi connectivity index (χ3n) is 2.81. The Bertz CT molecular complexity index is 568. The fourth-order valence-electron chi connectivity index (χ4n) is 1.73. The van der Waals surface area contributed by atoms with Crippen LogP contribution in [-0.4, -0.2) is 17.6 Å². The van der Waals surface area contributed by atoms with Gasteiger partial charge in [0.2, 0.25) is 0 Å². The molecule has 0 aliphatic rings. The van der Waals surface area contributed by atoms with Gasteiger partial charge in [0.25, 0.3) is 0 Å². The molecule has 1 aromatic carbocycles. The number of carbonyl (C=O) groups is 1. The molecule has 1 aromatic heterocycles. The Labute approximate surface area is 124 Å². The first-order chi connectivity index (χ1) is 10.3. The molecule has 0 radical (unpaired) electrons. The van der Waals surface area contributed by atoms with Crippen LogP contribution in [0.25, 0.3) is 6.08 Å². The van der Waals surface area contributed by atoms with Crippen LogP contribution in [0, 0.1) is 0 Å². The molecule has 4 heteroatoms. The minimum Gasteiger partial charge on any atom is -0.445 e. The predicted octanol–water partition coefficient (Wildman–Crippen LogP) is 3.41. The number of alkyl carbamates (subject to hydrolysis) is 1. The van der Waals surface area contributed by atoms with Crippen LogP contribution in [0.15, 0.2) is 60.9 Å². The monoisotopic (exact) mass is 282 g/mol. The highest BCUT2D eigenvalue weighted by atomic mass is 16.5. The van der Waals surface area contributed by atoms with Crippen molar-refractivity contribution in [3.63, 3.8) is 0 Å². The van der Waals surface area contributed by atoms with Gasteiger partial charge in [-0.05, 0) is 29.7 Å². The summed E-state index contributed by atoms with van der Waals surface area (Å²) in [4.78, 5) is 15.4. The van der Waals surface area contributed by atoms with Gasteiger partial charge in [-0.15, -0.1) is 0 Å². The number of aromatic nitrogens is 1. The molecule has 2 rings (SSSR count). The third kappa shape index (κ3) is 5.91. The number of ether oxygens (including phenoxy) is 1. The van der Waals surface area contributed by atoms with Gasteiger partial charge in [-0.2, -0.15) is 0 Å². The van der Waals surface area contributed by atoms with Crippen LogP contribution in [-0.2, 0) is 11.3 Å². The normalized spacial score (nSPS) is 10.5. The van der Waals surface area contributed by atoms with Crippen molar-refractivity contribution in [2.75, 3.05) is 6.54 Å². The Morgan fingerprint density at radius 3 is 2.67 bits per heavy atom. The fraction of sp³-hybridized carbons (Fsp3) is 0.176. The summed E-state index contributed by atoms with van der Waals surface area (Å²) in [6.45, 7) is 0.842. The maximum atomic E-state index is 11.5. The summed E-state index contributed by atoms with van der Waals surface area (Å²) in [7, 11) is 0. The predicted molar refractivity (Wildman–Crippen MR) is 82.5 cm³/mol. The van der Waals surface area contributed by atoms with E-state index in [4.69, 9.17) is 4.74 Å². The molecule has 2 aromatic rings. The van der Waals surface area contributed by atoms with E-state index in [2.05, 4.69) is 10.3 Å². The van der Waals surface area contributed by atoms with Gasteiger partial charge >= 0.3 is 6.09 Å². The lowest BCUT2D eigenvalue weighted by Crippen LogP contribution is -2.24. The van der Waals surface area contributed by atoms with Crippen LogP contribution >= 0.6 is 0 Å². The molecular formula is C17H18N2O2. The Hall–Kier alpha value is -2.62. The number of nitrogens with zero attached hydrogens (tertiary/aromatic N) is 1. The summed E-state index contributed by atoms with van der Waals surface area (Å²) in [6.07, 6.45) is 7.86. The number of hydrogen-bond acceptors (Lipinski definition) is 3. The van der Waals surface area contributed by atoms with Crippen molar-refractivity contribution < 1.29 is 9.53 Å². The molecule has 1 heterocycles. The smallest absolute Gasteiger partial charge is 0.407 e. The number of nitrogens with one attached hydrogen (secondary N) is 1. The van der Waals surface area contributed by atoms with E-state index in [1.54, 1.807) is 12.4 Å². The van der Waals surface area contributed by atoms with E-state index in [9.17, 15) is 4.79 Å². The number of pyridine rings is 1. The Morgan fingerprint density at radius 1 is 1.14 bits per heavy atom. The van der Waals surface area contributed by atoms with Gasteiger partial charge in [0, 0.05) is 18.9 Å². The first-order valence-electron chi connectivity index (χ1n) is 6.86. The molecule has 0 unspecified atom stereocenters. The summed E-state index contributed by atoms with van der Waals surface area (Å²) in [5.41, 5.74) is 2.07. The molecule has 0 atom stereocenters. The fourth-order valence-corrected chi connectivity index (χ4v) is 1.73. The molecule has 0 saturated heterocycles. The van der Waals surface area contributed by atoms with Gasteiger partial charge in [0.1, 0.15) is 6.61 Å².